The number of hydrogen-bond donors (Lipinski definition) is 1. The summed E-state index contributed by atoms with van der Waals surface area (Å²) in [6.45, 7) is 0.655. The van der Waals surface area contributed by atoms with Crippen molar-refractivity contribution in [1.82, 2.24) is 14.5 Å². The molecule has 0 spiro atoms. The van der Waals surface area contributed by atoms with Gasteiger partial charge in [0.05, 0.1) is 17.0 Å². The van der Waals surface area contributed by atoms with E-state index in [0.717, 1.165) is 44.2 Å². The summed E-state index contributed by atoms with van der Waals surface area (Å²) in [7, 11) is -3.13. The SMILES string of the molecule is O=S(=O)(C1CCCC1)N1CCCC1c1ccn[nH]1. The minimum absolute atomic E-state index is 0.0295. The standard InChI is InChI=1S/C12H19N3O2S/c16-18(17,10-4-1-2-5-10)15-9-3-6-12(15)11-7-8-13-14-11/h7-8,10,12H,1-6,9H2,(H,13,14). The summed E-state index contributed by atoms with van der Waals surface area (Å²) in [5.74, 6) is 0. The third kappa shape index (κ3) is 1.97. The van der Waals surface area contributed by atoms with E-state index in [1.54, 1.807) is 10.5 Å². The molecule has 2 aliphatic rings. The van der Waals surface area contributed by atoms with E-state index in [2.05, 4.69) is 10.2 Å². The number of rotatable bonds is 3. The van der Waals surface area contributed by atoms with Gasteiger partial charge >= 0.3 is 0 Å². The average molecular weight is 269 g/mol. The predicted octanol–water partition coefficient (Wildman–Crippen LogP) is 1.82. The molecule has 5 nitrogen and oxygen atoms in total. The van der Waals surface area contributed by atoms with Crippen molar-refractivity contribution >= 4 is 10.0 Å². The molecule has 1 atom stereocenters. The number of nitrogens with one attached hydrogen (secondary N) is 1. The van der Waals surface area contributed by atoms with Crippen LogP contribution in [0, 0.1) is 0 Å². The zero-order valence-electron chi connectivity index (χ0n) is 10.4. The molecule has 1 N–H and O–H groups in total. The number of sulfonamides is 1. The van der Waals surface area contributed by atoms with E-state index in [4.69, 9.17) is 0 Å². The van der Waals surface area contributed by atoms with Gasteiger partial charge in [-0.25, -0.2) is 8.42 Å². The van der Waals surface area contributed by atoms with Crippen molar-refractivity contribution in [3.05, 3.63) is 18.0 Å². The summed E-state index contributed by atoms with van der Waals surface area (Å²) in [5.41, 5.74) is 0.925. The summed E-state index contributed by atoms with van der Waals surface area (Å²) in [4.78, 5) is 0. The molecule has 0 radical (unpaired) electrons. The summed E-state index contributed by atoms with van der Waals surface area (Å²) in [6, 6.07) is 1.85. The van der Waals surface area contributed by atoms with Crippen LogP contribution in [0.3, 0.4) is 0 Å². The molecule has 1 unspecified atom stereocenters. The minimum Gasteiger partial charge on any atom is -0.281 e. The van der Waals surface area contributed by atoms with Gasteiger partial charge < -0.3 is 0 Å². The lowest BCUT2D eigenvalue weighted by molar-refractivity contribution is 0.383. The Hall–Kier alpha value is -0.880. The highest BCUT2D eigenvalue weighted by Crippen LogP contribution is 2.37. The fourth-order valence-corrected chi connectivity index (χ4v) is 5.45. The smallest absolute Gasteiger partial charge is 0.217 e. The van der Waals surface area contributed by atoms with E-state index >= 15 is 0 Å². The van der Waals surface area contributed by atoms with Crippen molar-refractivity contribution in [3.63, 3.8) is 0 Å². The number of aromatic amines is 1. The highest BCUT2D eigenvalue weighted by Gasteiger charge is 2.41. The molecule has 2 fully saturated rings. The molecule has 1 aromatic rings. The summed E-state index contributed by atoms with van der Waals surface area (Å²) in [6.07, 6.45) is 7.28. The van der Waals surface area contributed by atoms with E-state index in [1.165, 1.54) is 0 Å². The molecule has 1 aliphatic carbocycles. The topological polar surface area (TPSA) is 66.1 Å². The molecule has 1 aromatic heterocycles. The highest BCUT2D eigenvalue weighted by atomic mass is 32.2. The molecular formula is C12H19N3O2S. The first-order chi connectivity index (χ1) is 8.69. The first kappa shape index (κ1) is 12.2. The molecule has 1 saturated heterocycles. The van der Waals surface area contributed by atoms with Crippen molar-refractivity contribution in [2.24, 2.45) is 0 Å². The molecule has 1 aliphatic heterocycles. The van der Waals surface area contributed by atoms with Crippen molar-refractivity contribution < 1.29 is 8.42 Å². The van der Waals surface area contributed by atoms with Gasteiger partial charge in [0, 0.05) is 12.7 Å². The van der Waals surface area contributed by atoms with Crippen LogP contribution in [0.5, 0.6) is 0 Å². The van der Waals surface area contributed by atoms with E-state index < -0.39 is 10.0 Å². The van der Waals surface area contributed by atoms with Gasteiger partial charge in [0.15, 0.2) is 0 Å². The Morgan fingerprint density at radius 3 is 2.67 bits per heavy atom. The van der Waals surface area contributed by atoms with Crippen molar-refractivity contribution in [1.29, 1.82) is 0 Å². The maximum absolute atomic E-state index is 12.6. The van der Waals surface area contributed by atoms with Gasteiger partial charge in [-0.05, 0) is 31.7 Å². The minimum atomic E-state index is -3.13. The van der Waals surface area contributed by atoms with E-state index in [0.29, 0.717) is 6.54 Å². The second-order valence-corrected chi connectivity index (χ2v) is 7.40. The largest absolute Gasteiger partial charge is 0.281 e. The van der Waals surface area contributed by atoms with E-state index in [9.17, 15) is 8.42 Å². The quantitative estimate of drug-likeness (QED) is 0.910. The molecule has 3 rings (SSSR count). The summed E-state index contributed by atoms with van der Waals surface area (Å²) in [5, 5.41) is 6.70. The summed E-state index contributed by atoms with van der Waals surface area (Å²) < 4.78 is 27.0. The average Bonchev–Trinajstić information content (AvgIpc) is 3.11. The Balaban J connectivity index is 1.86. The van der Waals surface area contributed by atoms with E-state index in [-0.39, 0.29) is 11.3 Å². The Morgan fingerprint density at radius 1 is 1.22 bits per heavy atom. The van der Waals surface area contributed by atoms with Crippen LogP contribution in [0.4, 0.5) is 0 Å². The second kappa shape index (κ2) is 4.66. The van der Waals surface area contributed by atoms with Crippen LogP contribution < -0.4 is 0 Å². The Labute approximate surface area is 108 Å². The molecule has 2 heterocycles. The first-order valence-corrected chi connectivity index (χ1v) is 8.20. The molecule has 6 heteroatoms. The predicted molar refractivity (Wildman–Crippen MR) is 68.4 cm³/mol. The maximum atomic E-state index is 12.6. The van der Waals surface area contributed by atoms with Gasteiger partial charge in [0.25, 0.3) is 0 Å². The zero-order valence-corrected chi connectivity index (χ0v) is 11.2. The Morgan fingerprint density at radius 2 is 2.00 bits per heavy atom. The lowest BCUT2D eigenvalue weighted by Gasteiger charge is -2.26. The third-order valence-corrected chi connectivity index (χ3v) is 6.54. The van der Waals surface area contributed by atoms with Gasteiger partial charge in [-0.2, -0.15) is 9.40 Å². The molecule has 18 heavy (non-hydrogen) atoms. The van der Waals surface area contributed by atoms with Crippen LogP contribution >= 0.6 is 0 Å². The van der Waals surface area contributed by atoms with Crippen molar-refractivity contribution in [3.8, 4) is 0 Å². The third-order valence-electron chi connectivity index (χ3n) is 4.14. The fraction of sp³-hybridized carbons (Fsp3) is 0.750. The van der Waals surface area contributed by atoms with Gasteiger partial charge in [-0.3, -0.25) is 5.10 Å². The van der Waals surface area contributed by atoms with E-state index in [1.807, 2.05) is 6.07 Å². The van der Waals surface area contributed by atoms with Gasteiger partial charge in [0.2, 0.25) is 10.0 Å². The van der Waals surface area contributed by atoms with Crippen LogP contribution in [-0.2, 0) is 10.0 Å². The second-order valence-electron chi connectivity index (χ2n) is 5.23. The molecule has 0 bridgehead atoms. The lowest BCUT2D eigenvalue weighted by Crippen LogP contribution is -2.37. The monoisotopic (exact) mass is 269 g/mol. The van der Waals surface area contributed by atoms with Gasteiger partial charge in [0.1, 0.15) is 0 Å². The molecule has 0 amide bonds. The number of aromatic nitrogens is 2. The molecular weight excluding hydrogens is 250 g/mol. The van der Waals surface area contributed by atoms with Gasteiger partial charge in [-0.15, -0.1) is 0 Å². The summed E-state index contributed by atoms with van der Waals surface area (Å²) >= 11 is 0. The molecule has 1 saturated carbocycles. The van der Waals surface area contributed by atoms with Crippen LogP contribution in [0.25, 0.3) is 0 Å². The van der Waals surface area contributed by atoms with Gasteiger partial charge in [-0.1, -0.05) is 12.8 Å². The van der Waals surface area contributed by atoms with Crippen molar-refractivity contribution in [2.45, 2.75) is 49.8 Å². The molecule has 100 valence electrons. The highest BCUT2D eigenvalue weighted by molar-refractivity contribution is 7.89. The lowest BCUT2D eigenvalue weighted by atomic mass is 10.2. The van der Waals surface area contributed by atoms with Crippen molar-refractivity contribution in [2.75, 3.05) is 6.54 Å². The zero-order chi connectivity index (χ0) is 12.6. The van der Waals surface area contributed by atoms with Crippen LogP contribution in [0.15, 0.2) is 12.3 Å². The van der Waals surface area contributed by atoms with Crippen LogP contribution in [0.1, 0.15) is 50.3 Å². The van der Waals surface area contributed by atoms with Crippen LogP contribution in [-0.4, -0.2) is 34.7 Å². The Kier molecular flexibility index (Phi) is 3.15. The fourth-order valence-electron chi connectivity index (χ4n) is 3.19. The molecule has 0 aromatic carbocycles. The van der Waals surface area contributed by atoms with Crippen LogP contribution in [0.2, 0.25) is 0 Å². The number of nitrogens with zero attached hydrogens (tertiary/aromatic N) is 2. The number of H-pyrrole nitrogens is 1. The normalized spacial score (nSPS) is 27.0. The first-order valence-electron chi connectivity index (χ1n) is 6.69. The maximum Gasteiger partial charge on any atom is 0.217 e. The Bertz CT molecular complexity index is 491. The number of hydrogen-bond acceptors (Lipinski definition) is 3.